The molecule has 6 nitrogen and oxygen atoms in total. The van der Waals surface area contributed by atoms with Crippen LogP contribution in [-0.4, -0.2) is 56.3 Å². The Hall–Kier alpha value is -0.660. The van der Waals surface area contributed by atoms with Gasteiger partial charge in [-0.05, 0) is 56.8 Å². The number of carbonyl (C=O) groups is 1. The molecule has 1 amide bonds. The maximum atomic E-state index is 12.1. The van der Waals surface area contributed by atoms with Gasteiger partial charge in [-0.2, -0.15) is 0 Å². The van der Waals surface area contributed by atoms with Crippen molar-refractivity contribution in [2.24, 2.45) is 11.3 Å². The molecule has 0 aromatic heterocycles. The van der Waals surface area contributed by atoms with Gasteiger partial charge >= 0.3 is 0 Å². The standard InChI is InChI=1S/C20H38N2O4S/c1-6-27(24,25)21-18-8-7-13-22(15(2)23)19(18)14-26-17-11-9-16(10-12-17)20(3,4)5/h16-19,21H,6-14H2,1-5H3. The molecule has 2 fully saturated rings. The summed E-state index contributed by atoms with van der Waals surface area (Å²) in [7, 11) is -3.31. The Morgan fingerprint density at radius 1 is 1.15 bits per heavy atom. The normalized spacial score (nSPS) is 30.3. The van der Waals surface area contributed by atoms with Crippen LogP contribution < -0.4 is 4.72 Å². The first-order chi connectivity index (χ1) is 12.5. The predicted octanol–water partition coefficient (Wildman–Crippen LogP) is 2.93. The molecule has 1 aliphatic carbocycles. The van der Waals surface area contributed by atoms with Crippen molar-refractivity contribution < 1.29 is 17.9 Å². The molecule has 2 rings (SSSR count). The maximum absolute atomic E-state index is 12.1. The summed E-state index contributed by atoms with van der Waals surface area (Å²) in [6.07, 6.45) is 6.18. The molecule has 0 aromatic rings. The van der Waals surface area contributed by atoms with E-state index < -0.39 is 10.0 Å². The van der Waals surface area contributed by atoms with Gasteiger partial charge in [0.2, 0.25) is 15.9 Å². The number of sulfonamides is 1. The maximum Gasteiger partial charge on any atom is 0.219 e. The van der Waals surface area contributed by atoms with E-state index in [9.17, 15) is 13.2 Å². The van der Waals surface area contributed by atoms with Gasteiger partial charge in [-0.3, -0.25) is 4.79 Å². The van der Waals surface area contributed by atoms with Crippen LogP contribution in [0, 0.1) is 11.3 Å². The third-order valence-electron chi connectivity index (χ3n) is 6.30. The van der Waals surface area contributed by atoms with E-state index in [1.54, 1.807) is 18.7 Å². The lowest BCUT2D eigenvalue weighted by molar-refractivity contribution is -0.136. The highest BCUT2D eigenvalue weighted by Gasteiger charge is 2.36. The third-order valence-corrected chi connectivity index (χ3v) is 7.72. The monoisotopic (exact) mass is 402 g/mol. The van der Waals surface area contributed by atoms with E-state index in [1.807, 2.05) is 0 Å². The number of amides is 1. The summed E-state index contributed by atoms with van der Waals surface area (Å²) in [6, 6.07) is -0.489. The summed E-state index contributed by atoms with van der Waals surface area (Å²) in [5.41, 5.74) is 0.337. The average molecular weight is 403 g/mol. The second-order valence-electron chi connectivity index (χ2n) is 9.22. The van der Waals surface area contributed by atoms with Crippen LogP contribution >= 0.6 is 0 Å². The van der Waals surface area contributed by atoms with Crippen molar-refractivity contribution in [2.75, 3.05) is 18.9 Å². The molecular formula is C20H38N2O4S. The number of rotatable bonds is 6. The molecule has 7 heteroatoms. The van der Waals surface area contributed by atoms with E-state index >= 15 is 0 Å². The van der Waals surface area contributed by atoms with E-state index in [4.69, 9.17) is 4.74 Å². The van der Waals surface area contributed by atoms with E-state index in [0.29, 0.717) is 18.6 Å². The van der Waals surface area contributed by atoms with Gasteiger partial charge in [-0.1, -0.05) is 20.8 Å². The predicted molar refractivity (Wildman–Crippen MR) is 108 cm³/mol. The molecular weight excluding hydrogens is 364 g/mol. The van der Waals surface area contributed by atoms with Crippen molar-refractivity contribution in [2.45, 2.75) is 91.3 Å². The van der Waals surface area contributed by atoms with Gasteiger partial charge in [0.05, 0.1) is 24.5 Å². The first kappa shape index (κ1) is 22.6. The fourth-order valence-electron chi connectivity index (χ4n) is 4.44. The van der Waals surface area contributed by atoms with Crippen molar-refractivity contribution in [3.05, 3.63) is 0 Å². The van der Waals surface area contributed by atoms with Gasteiger partial charge in [-0.15, -0.1) is 0 Å². The Morgan fingerprint density at radius 2 is 1.78 bits per heavy atom. The molecule has 1 N–H and O–H groups in total. The van der Waals surface area contributed by atoms with Gasteiger partial charge in [0, 0.05) is 19.5 Å². The minimum Gasteiger partial charge on any atom is -0.376 e. The third kappa shape index (κ3) is 6.43. The van der Waals surface area contributed by atoms with E-state index in [0.717, 1.165) is 31.6 Å². The topological polar surface area (TPSA) is 75.7 Å². The highest BCUT2D eigenvalue weighted by atomic mass is 32.2. The number of carbonyl (C=O) groups excluding carboxylic acids is 1. The fourth-order valence-corrected chi connectivity index (χ4v) is 5.34. The molecule has 0 radical (unpaired) electrons. The first-order valence-corrected chi connectivity index (χ1v) is 12.1. The SMILES string of the molecule is CCS(=O)(=O)NC1CCCN(C(C)=O)C1COC1CCC(C(C)(C)C)CC1. The van der Waals surface area contributed by atoms with Gasteiger partial charge in [0.1, 0.15) is 0 Å². The molecule has 2 aliphatic rings. The summed E-state index contributed by atoms with van der Waals surface area (Å²) >= 11 is 0. The number of likely N-dealkylation sites (tertiary alicyclic amines) is 1. The number of ether oxygens (including phenoxy) is 1. The van der Waals surface area contributed by atoms with Crippen molar-refractivity contribution >= 4 is 15.9 Å². The summed E-state index contributed by atoms with van der Waals surface area (Å²) in [6.45, 7) is 11.2. The second-order valence-corrected chi connectivity index (χ2v) is 11.3. The first-order valence-electron chi connectivity index (χ1n) is 10.4. The van der Waals surface area contributed by atoms with Crippen LogP contribution in [0.2, 0.25) is 0 Å². The Balaban J connectivity index is 1.97. The van der Waals surface area contributed by atoms with Crippen LogP contribution in [0.25, 0.3) is 0 Å². The summed E-state index contributed by atoms with van der Waals surface area (Å²) in [4.78, 5) is 13.9. The zero-order valence-electron chi connectivity index (χ0n) is 17.7. The largest absolute Gasteiger partial charge is 0.376 e. The van der Waals surface area contributed by atoms with Crippen LogP contribution in [0.5, 0.6) is 0 Å². The Kier molecular flexibility index (Phi) is 7.73. The lowest BCUT2D eigenvalue weighted by atomic mass is 9.72. The average Bonchev–Trinajstić information content (AvgIpc) is 2.59. The number of hydrogen-bond donors (Lipinski definition) is 1. The van der Waals surface area contributed by atoms with Gasteiger partial charge < -0.3 is 9.64 Å². The van der Waals surface area contributed by atoms with Gasteiger partial charge in [0.15, 0.2) is 0 Å². The highest BCUT2D eigenvalue weighted by molar-refractivity contribution is 7.89. The second kappa shape index (κ2) is 9.23. The lowest BCUT2D eigenvalue weighted by Crippen LogP contribution is -2.58. The molecule has 27 heavy (non-hydrogen) atoms. The Morgan fingerprint density at radius 3 is 2.30 bits per heavy atom. The number of hydrogen-bond acceptors (Lipinski definition) is 4. The zero-order chi connectivity index (χ0) is 20.2. The van der Waals surface area contributed by atoms with Gasteiger partial charge in [0.25, 0.3) is 0 Å². The van der Waals surface area contributed by atoms with Crippen molar-refractivity contribution in [3.63, 3.8) is 0 Å². The smallest absolute Gasteiger partial charge is 0.219 e. The van der Waals surface area contributed by atoms with Crippen LogP contribution in [-0.2, 0) is 19.6 Å². The van der Waals surface area contributed by atoms with E-state index in [1.165, 1.54) is 12.8 Å². The molecule has 158 valence electrons. The summed E-state index contributed by atoms with van der Waals surface area (Å²) < 4.78 is 33.1. The fraction of sp³-hybridized carbons (Fsp3) is 0.950. The molecule has 2 unspecified atom stereocenters. The Labute approximate surface area is 165 Å². The lowest BCUT2D eigenvalue weighted by Gasteiger charge is -2.42. The Bertz CT molecular complexity index is 592. The van der Waals surface area contributed by atoms with Gasteiger partial charge in [-0.25, -0.2) is 13.1 Å². The van der Waals surface area contributed by atoms with Crippen LogP contribution in [0.15, 0.2) is 0 Å². The molecule has 1 saturated heterocycles. The van der Waals surface area contributed by atoms with Crippen LogP contribution in [0.3, 0.4) is 0 Å². The minimum atomic E-state index is -3.31. The molecule has 1 aliphatic heterocycles. The molecule has 0 aromatic carbocycles. The van der Waals surface area contributed by atoms with E-state index in [-0.39, 0.29) is 29.8 Å². The summed E-state index contributed by atoms with van der Waals surface area (Å²) in [5, 5.41) is 0. The van der Waals surface area contributed by atoms with Crippen molar-refractivity contribution in [1.82, 2.24) is 9.62 Å². The zero-order valence-corrected chi connectivity index (χ0v) is 18.5. The van der Waals surface area contributed by atoms with E-state index in [2.05, 4.69) is 25.5 Å². The van der Waals surface area contributed by atoms with Crippen molar-refractivity contribution in [3.8, 4) is 0 Å². The number of piperidine rings is 1. The molecule has 1 heterocycles. The molecule has 1 saturated carbocycles. The minimum absolute atomic E-state index is 0.0135. The van der Waals surface area contributed by atoms with Crippen LogP contribution in [0.1, 0.15) is 73.1 Å². The van der Waals surface area contributed by atoms with Crippen LogP contribution in [0.4, 0.5) is 0 Å². The highest BCUT2D eigenvalue weighted by Crippen LogP contribution is 2.38. The molecule has 0 spiro atoms. The number of nitrogens with one attached hydrogen (secondary N) is 1. The van der Waals surface area contributed by atoms with Crippen molar-refractivity contribution in [1.29, 1.82) is 0 Å². The molecule has 2 atom stereocenters. The summed E-state index contributed by atoms with van der Waals surface area (Å²) in [5.74, 6) is 0.763. The number of nitrogens with zero attached hydrogens (tertiary/aromatic N) is 1. The quantitative estimate of drug-likeness (QED) is 0.741. The molecule has 0 bridgehead atoms.